The number of aryl methyl sites for hydroxylation is 1. The highest BCUT2D eigenvalue weighted by molar-refractivity contribution is 7.80. The molecule has 108 valence electrons. The molecule has 1 rings (SSSR count). The van der Waals surface area contributed by atoms with Crippen molar-refractivity contribution in [3.63, 3.8) is 0 Å². The van der Waals surface area contributed by atoms with Crippen molar-refractivity contribution in [1.29, 1.82) is 0 Å². The number of halogens is 1. The van der Waals surface area contributed by atoms with Crippen LogP contribution in [0.3, 0.4) is 0 Å². The van der Waals surface area contributed by atoms with Gasteiger partial charge in [0.1, 0.15) is 11.5 Å². The summed E-state index contributed by atoms with van der Waals surface area (Å²) in [5.41, 5.74) is 1.14. The van der Waals surface area contributed by atoms with E-state index >= 15 is 0 Å². The predicted molar refractivity (Wildman–Crippen MR) is 85.2 cm³/mol. The van der Waals surface area contributed by atoms with Gasteiger partial charge in [-0.2, -0.15) is 12.6 Å². The van der Waals surface area contributed by atoms with E-state index in [9.17, 15) is 0 Å². The fraction of sp³-hybridized carbons (Fsp3) is 0.600. The van der Waals surface area contributed by atoms with E-state index in [1.807, 2.05) is 12.1 Å². The summed E-state index contributed by atoms with van der Waals surface area (Å²) in [6.45, 7) is 5.55. The zero-order chi connectivity index (χ0) is 14.1. The van der Waals surface area contributed by atoms with Gasteiger partial charge in [-0.25, -0.2) is 0 Å². The van der Waals surface area contributed by atoms with Crippen molar-refractivity contribution in [3.8, 4) is 11.5 Å². The number of ether oxygens (including phenoxy) is 2. The Morgan fingerprint density at radius 3 is 2.26 bits per heavy atom. The van der Waals surface area contributed by atoms with Gasteiger partial charge in [-0.3, -0.25) is 0 Å². The van der Waals surface area contributed by atoms with E-state index in [4.69, 9.17) is 21.1 Å². The zero-order valence-electron chi connectivity index (χ0n) is 11.7. The van der Waals surface area contributed by atoms with E-state index in [1.54, 1.807) is 0 Å². The second-order valence-electron chi connectivity index (χ2n) is 4.41. The Balaban J connectivity index is 2.91. The number of hydrogen-bond acceptors (Lipinski definition) is 3. The van der Waals surface area contributed by atoms with Crippen LogP contribution in [0.25, 0.3) is 0 Å². The Morgan fingerprint density at radius 2 is 1.68 bits per heavy atom. The first-order chi connectivity index (χ1) is 9.22. The minimum Gasteiger partial charge on any atom is -0.493 e. The highest BCUT2D eigenvalue weighted by Gasteiger charge is 2.10. The molecule has 2 nitrogen and oxygen atoms in total. The van der Waals surface area contributed by atoms with Gasteiger partial charge in [-0.05, 0) is 43.1 Å². The van der Waals surface area contributed by atoms with E-state index in [1.165, 1.54) is 0 Å². The maximum atomic E-state index is 6.25. The van der Waals surface area contributed by atoms with Gasteiger partial charge in [0.05, 0.1) is 18.2 Å². The summed E-state index contributed by atoms with van der Waals surface area (Å²) in [5.74, 6) is 2.46. The highest BCUT2D eigenvalue weighted by atomic mass is 35.5. The molecule has 0 aromatic heterocycles. The van der Waals surface area contributed by atoms with Crippen LogP contribution in [0, 0.1) is 0 Å². The van der Waals surface area contributed by atoms with Crippen molar-refractivity contribution >= 4 is 24.2 Å². The number of benzene rings is 1. The molecule has 0 spiro atoms. The third-order valence-corrected chi connectivity index (χ3v) is 3.25. The maximum absolute atomic E-state index is 6.25. The number of rotatable bonds is 9. The fourth-order valence-electron chi connectivity index (χ4n) is 1.71. The molecule has 0 saturated carbocycles. The first-order valence-electron chi connectivity index (χ1n) is 6.91. The van der Waals surface area contributed by atoms with Gasteiger partial charge in [-0.1, -0.05) is 25.4 Å². The van der Waals surface area contributed by atoms with Crippen molar-refractivity contribution in [2.75, 3.05) is 19.0 Å². The standard InChI is InChI=1S/C15H23ClO2S/c1-3-7-17-14-11-15(18-8-4-2)13(16)10-12(14)6-5-9-19/h10-11,19H,3-9H2,1-2H3. The van der Waals surface area contributed by atoms with Crippen molar-refractivity contribution in [3.05, 3.63) is 22.7 Å². The smallest absolute Gasteiger partial charge is 0.141 e. The fourth-order valence-corrected chi connectivity index (χ4v) is 2.11. The van der Waals surface area contributed by atoms with E-state index in [0.717, 1.165) is 42.7 Å². The van der Waals surface area contributed by atoms with Crippen LogP contribution >= 0.6 is 24.2 Å². The molecule has 1 aromatic rings. The molecule has 1 aromatic carbocycles. The lowest BCUT2D eigenvalue weighted by atomic mass is 10.1. The third kappa shape index (κ3) is 5.53. The molecule has 0 saturated heterocycles. The molecule has 0 bridgehead atoms. The SMILES string of the molecule is CCCOc1cc(OCCC)c(CCCS)cc1Cl. The molecule has 0 heterocycles. The molecule has 0 atom stereocenters. The third-order valence-electron chi connectivity index (χ3n) is 2.64. The summed E-state index contributed by atoms with van der Waals surface area (Å²) in [7, 11) is 0. The van der Waals surface area contributed by atoms with Crippen LogP contribution in [-0.4, -0.2) is 19.0 Å². The molecule has 0 aliphatic carbocycles. The van der Waals surface area contributed by atoms with E-state index in [-0.39, 0.29) is 0 Å². The van der Waals surface area contributed by atoms with Crippen molar-refractivity contribution in [2.45, 2.75) is 39.5 Å². The Hall–Kier alpha value is -0.540. The maximum Gasteiger partial charge on any atom is 0.141 e. The Bertz CT molecular complexity index is 383. The normalized spacial score (nSPS) is 10.5. The van der Waals surface area contributed by atoms with Crippen LogP contribution in [0.2, 0.25) is 5.02 Å². The Kier molecular flexibility index (Phi) is 8.15. The first-order valence-corrected chi connectivity index (χ1v) is 7.92. The molecule has 0 unspecified atom stereocenters. The Morgan fingerprint density at radius 1 is 1.05 bits per heavy atom. The van der Waals surface area contributed by atoms with Crippen molar-refractivity contribution in [2.24, 2.45) is 0 Å². The molecular weight excluding hydrogens is 280 g/mol. The Labute approximate surface area is 126 Å². The van der Waals surface area contributed by atoms with E-state index in [2.05, 4.69) is 26.5 Å². The second kappa shape index (κ2) is 9.38. The molecule has 0 amide bonds. The minimum absolute atomic E-state index is 0.659. The predicted octanol–water partition coefficient (Wildman–Crippen LogP) is 4.78. The lowest BCUT2D eigenvalue weighted by Gasteiger charge is -2.15. The molecule has 19 heavy (non-hydrogen) atoms. The monoisotopic (exact) mass is 302 g/mol. The van der Waals surface area contributed by atoms with Crippen molar-refractivity contribution < 1.29 is 9.47 Å². The van der Waals surface area contributed by atoms with Crippen LogP contribution in [0.1, 0.15) is 38.7 Å². The summed E-state index contributed by atoms with van der Waals surface area (Å²) in [6.07, 6.45) is 3.89. The molecule has 0 aliphatic heterocycles. The molecule has 0 radical (unpaired) electrons. The first kappa shape index (κ1) is 16.5. The topological polar surface area (TPSA) is 18.5 Å². The van der Waals surface area contributed by atoms with E-state index < -0.39 is 0 Å². The van der Waals surface area contributed by atoms with Crippen molar-refractivity contribution in [1.82, 2.24) is 0 Å². The second-order valence-corrected chi connectivity index (χ2v) is 5.27. The van der Waals surface area contributed by atoms with Gasteiger partial charge < -0.3 is 9.47 Å². The van der Waals surface area contributed by atoms with Gasteiger partial charge in [0.2, 0.25) is 0 Å². The number of thiol groups is 1. The summed E-state index contributed by atoms with van der Waals surface area (Å²) in [5, 5.41) is 0.659. The summed E-state index contributed by atoms with van der Waals surface area (Å²) in [6, 6.07) is 3.88. The van der Waals surface area contributed by atoms with Gasteiger partial charge in [-0.15, -0.1) is 0 Å². The van der Waals surface area contributed by atoms with Crippen LogP contribution in [0.4, 0.5) is 0 Å². The zero-order valence-corrected chi connectivity index (χ0v) is 13.4. The summed E-state index contributed by atoms with van der Waals surface area (Å²) >= 11 is 10.5. The van der Waals surface area contributed by atoms with Crippen LogP contribution in [0.5, 0.6) is 11.5 Å². The lowest BCUT2D eigenvalue weighted by Crippen LogP contribution is -2.02. The van der Waals surface area contributed by atoms with E-state index in [0.29, 0.717) is 24.0 Å². The molecule has 0 fully saturated rings. The molecule has 0 aliphatic rings. The van der Waals surface area contributed by atoms with Gasteiger partial charge in [0.25, 0.3) is 0 Å². The highest BCUT2D eigenvalue weighted by Crippen LogP contribution is 2.33. The van der Waals surface area contributed by atoms with Gasteiger partial charge >= 0.3 is 0 Å². The summed E-state index contributed by atoms with van der Waals surface area (Å²) in [4.78, 5) is 0. The molecular formula is C15H23ClO2S. The van der Waals surface area contributed by atoms with Crippen LogP contribution < -0.4 is 9.47 Å². The lowest BCUT2D eigenvalue weighted by molar-refractivity contribution is 0.299. The van der Waals surface area contributed by atoms with Gasteiger partial charge in [0.15, 0.2) is 0 Å². The quantitative estimate of drug-likeness (QED) is 0.662. The number of hydrogen-bond donors (Lipinski definition) is 1. The van der Waals surface area contributed by atoms with Crippen LogP contribution in [-0.2, 0) is 6.42 Å². The minimum atomic E-state index is 0.659. The molecule has 0 N–H and O–H groups in total. The summed E-state index contributed by atoms with van der Waals surface area (Å²) < 4.78 is 11.4. The largest absolute Gasteiger partial charge is 0.493 e. The van der Waals surface area contributed by atoms with Gasteiger partial charge in [0, 0.05) is 6.07 Å². The molecule has 4 heteroatoms. The average Bonchev–Trinajstić information content (AvgIpc) is 2.42. The van der Waals surface area contributed by atoms with Crippen LogP contribution in [0.15, 0.2) is 12.1 Å². The average molecular weight is 303 g/mol.